The highest BCUT2D eigenvalue weighted by Crippen LogP contribution is 2.42. The van der Waals surface area contributed by atoms with E-state index in [1.807, 2.05) is 97.1 Å². The number of nitrogens with zero attached hydrogens (tertiary/aromatic N) is 5. The van der Waals surface area contributed by atoms with Crippen LogP contribution in [0.2, 0.25) is 0 Å². The molecule has 45 heavy (non-hydrogen) atoms. The van der Waals surface area contributed by atoms with E-state index in [1.54, 1.807) is 0 Å². The van der Waals surface area contributed by atoms with Crippen molar-refractivity contribution < 1.29 is 0 Å². The first-order chi connectivity index (χ1) is 22.1. The van der Waals surface area contributed by atoms with Crippen molar-refractivity contribution in [3.8, 4) is 40.7 Å². The first-order valence-electron chi connectivity index (χ1n) is 14.4. The Bertz CT molecular complexity index is 2650. The van der Waals surface area contributed by atoms with Crippen LogP contribution in [-0.4, -0.2) is 9.13 Å². The summed E-state index contributed by atoms with van der Waals surface area (Å²) in [7, 11) is 0. The van der Waals surface area contributed by atoms with Crippen molar-refractivity contribution in [1.29, 1.82) is 15.8 Å². The lowest BCUT2D eigenvalue weighted by Crippen LogP contribution is -2.03. The fourth-order valence-electron chi connectivity index (χ4n) is 6.58. The third-order valence-corrected chi connectivity index (χ3v) is 8.52. The molecule has 0 saturated carbocycles. The van der Waals surface area contributed by atoms with Crippen LogP contribution in [0, 0.1) is 34.0 Å². The molecule has 8 rings (SSSR count). The fraction of sp³-hybridized carbons (Fsp3) is 0. The zero-order chi connectivity index (χ0) is 30.7. The van der Waals surface area contributed by atoms with Gasteiger partial charge in [-0.2, -0.15) is 15.8 Å². The van der Waals surface area contributed by atoms with Gasteiger partial charge in [-0.25, -0.2) is 0 Å². The molecule has 2 aromatic heterocycles. The van der Waals surface area contributed by atoms with Gasteiger partial charge in [-0.1, -0.05) is 36.4 Å². The number of para-hydroxylation sites is 2. The van der Waals surface area contributed by atoms with Gasteiger partial charge in [-0.15, -0.1) is 0 Å². The van der Waals surface area contributed by atoms with Gasteiger partial charge in [0, 0.05) is 38.4 Å². The molecule has 0 fully saturated rings. The number of rotatable bonds is 3. The zero-order valence-electron chi connectivity index (χ0n) is 23.9. The Labute approximate surface area is 258 Å². The van der Waals surface area contributed by atoms with Gasteiger partial charge in [0.15, 0.2) is 0 Å². The Morgan fingerprint density at radius 3 is 1.38 bits per heavy atom. The van der Waals surface area contributed by atoms with Crippen LogP contribution < -0.4 is 5.73 Å². The highest BCUT2D eigenvalue weighted by atomic mass is 15.0. The quantitative estimate of drug-likeness (QED) is 0.213. The van der Waals surface area contributed by atoms with Gasteiger partial charge in [0.25, 0.3) is 0 Å². The predicted octanol–water partition coefficient (Wildman–Crippen LogP) is 8.75. The minimum atomic E-state index is 0.524. The molecule has 0 aliphatic heterocycles. The minimum absolute atomic E-state index is 0.524. The van der Waals surface area contributed by atoms with E-state index < -0.39 is 0 Å². The van der Waals surface area contributed by atoms with Gasteiger partial charge in [-0.3, -0.25) is 0 Å². The smallest absolute Gasteiger partial charge is 0.0991 e. The van der Waals surface area contributed by atoms with Crippen molar-refractivity contribution in [2.75, 3.05) is 5.73 Å². The molecule has 6 heteroatoms. The molecule has 0 aliphatic rings. The minimum Gasteiger partial charge on any atom is -0.399 e. The average molecular weight is 575 g/mol. The Morgan fingerprint density at radius 1 is 0.422 bits per heavy atom. The van der Waals surface area contributed by atoms with E-state index >= 15 is 0 Å². The van der Waals surface area contributed by atoms with Gasteiger partial charge < -0.3 is 14.9 Å². The largest absolute Gasteiger partial charge is 0.399 e. The van der Waals surface area contributed by atoms with Gasteiger partial charge in [-0.05, 0) is 84.9 Å². The summed E-state index contributed by atoms with van der Waals surface area (Å²) >= 11 is 0. The van der Waals surface area contributed by atoms with E-state index in [0.29, 0.717) is 22.4 Å². The second kappa shape index (κ2) is 9.89. The molecule has 2 heterocycles. The maximum Gasteiger partial charge on any atom is 0.0991 e. The summed E-state index contributed by atoms with van der Waals surface area (Å²) in [6, 6.07) is 46.3. The summed E-state index contributed by atoms with van der Waals surface area (Å²) < 4.78 is 4.40. The van der Waals surface area contributed by atoms with Crippen molar-refractivity contribution in [1.82, 2.24) is 9.13 Å². The number of hydrogen-bond donors (Lipinski definition) is 1. The number of fused-ring (bicyclic) bond motifs is 6. The summed E-state index contributed by atoms with van der Waals surface area (Å²) in [6.45, 7) is 0. The highest BCUT2D eigenvalue weighted by Gasteiger charge is 2.21. The van der Waals surface area contributed by atoms with Crippen LogP contribution in [0.1, 0.15) is 16.7 Å². The summed E-state index contributed by atoms with van der Waals surface area (Å²) in [4.78, 5) is 0. The van der Waals surface area contributed by atoms with Crippen molar-refractivity contribution in [2.45, 2.75) is 0 Å². The number of anilines is 1. The molecular weight excluding hydrogens is 552 g/mol. The lowest BCUT2D eigenvalue weighted by molar-refractivity contribution is 1.16. The SMILES string of the molecule is N#Cc1ccc(-n2c3ccccc3c3cc(C#N)ccc32)c(-c2cc(N)ccc2-n2c3ccccc3c3cc(C#N)ccc32)c1. The molecule has 6 aromatic carbocycles. The molecule has 0 unspecified atom stereocenters. The molecule has 0 radical (unpaired) electrons. The number of hydrogen-bond acceptors (Lipinski definition) is 4. The molecule has 0 bridgehead atoms. The van der Waals surface area contributed by atoms with Gasteiger partial charge in [0.2, 0.25) is 0 Å². The fourth-order valence-corrected chi connectivity index (χ4v) is 6.58. The standard InChI is InChI=1S/C39H22N6/c40-21-24-9-13-36-30(17-24)28-5-1-3-7-34(28)44(36)38-15-11-26(23-42)19-32(38)33-20-27(43)12-16-39(33)45-35-8-4-2-6-29(35)31-18-25(22-41)10-14-37(31)45/h1-20H,43H2. The van der Waals surface area contributed by atoms with Crippen LogP contribution in [0.3, 0.4) is 0 Å². The topological polar surface area (TPSA) is 107 Å². The molecule has 8 aromatic rings. The summed E-state index contributed by atoms with van der Waals surface area (Å²) in [6.07, 6.45) is 0. The first kappa shape index (κ1) is 25.9. The molecule has 0 amide bonds. The lowest BCUT2D eigenvalue weighted by atomic mass is 9.98. The van der Waals surface area contributed by atoms with E-state index in [-0.39, 0.29) is 0 Å². The number of benzene rings is 6. The van der Waals surface area contributed by atoms with Gasteiger partial charge in [0.05, 0.1) is 68.3 Å². The average Bonchev–Trinajstić information content (AvgIpc) is 3.60. The van der Waals surface area contributed by atoms with Crippen molar-refractivity contribution >= 4 is 49.3 Å². The number of nitrogens with two attached hydrogens (primary N) is 1. The number of aromatic nitrogens is 2. The molecule has 0 aliphatic carbocycles. The maximum atomic E-state index is 10.0. The molecule has 0 saturated heterocycles. The van der Waals surface area contributed by atoms with Crippen LogP contribution >= 0.6 is 0 Å². The Balaban J connectivity index is 1.50. The van der Waals surface area contributed by atoms with Crippen LogP contribution in [0.5, 0.6) is 0 Å². The normalized spacial score (nSPS) is 11.1. The highest BCUT2D eigenvalue weighted by molar-refractivity contribution is 6.12. The van der Waals surface area contributed by atoms with Crippen LogP contribution in [-0.2, 0) is 0 Å². The summed E-state index contributed by atoms with van der Waals surface area (Å²) in [5.41, 5.74) is 16.1. The van der Waals surface area contributed by atoms with E-state index in [1.165, 1.54) is 0 Å². The summed E-state index contributed by atoms with van der Waals surface area (Å²) in [5, 5.41) is 33.4. The third kappa shape index (κ3) is 3.86. The lowest BCUT2D eigenvalue weighted by Gasteiger charge is -2.19. The van der Waals surface area contributed by atoms with Crippen LogP contribution in [0.25, 0.3) is 66.1 Å². The second-order valence-corrected chi connectivity index (χ2v) is 11.0. The Hall–Kier alpha value is -6.81. The van der Waals surface area contributed by atoms with Crippen LogP contribution in [0.4, 0.5) is 5.69 Å². The van der Waals surface area contributed by atoms with Crippen molar-refractivity contribution in [2.24, 2.45) is 0 Å². The predicted molar refractivity (Wildman–Crippen MR) is 179 cm³/mol. The third-order valence-electron chi connectivity index (χ3n) is 8.52. The molecule has 2 N–H and O–H groups in total. The second-order valence-electron chi connectivity index (χ2n) is 11.0. The summed E-state index contributed by atoms with van der Waals surface area (Å²) in [5.74, 6) is 0. The Morgan fingerprint density at radius 2 is 0.844 bits per heavy atom. The molecule has 208 valence electrons. The van der Waals surface area contributed by atoms with E-state index in [0.717, 1.165) is 66.1 Å². The van der Waals surface area contributed by atoms with Crippen molar-refractivity contribution in [3.05, 3.63) is 138 Å². The zero-order valence-corrected chi connectivity index (χ0v) is 23.9. The van der Waals surface area contributed by atoms with Crippen molar-refractivity contribution in [3.63, 3.8) is 0 Å². The van der Waals surface area contributed by atoms with E-state index in [9.17, 15) is 15.8 Å². The monoisotopic (exact) mass is 574 g/mol. The first-order valence-corrected chi connectivity index (χ1v) is 14.4. The molecule has 0 atom stereocenters. The maximum absolute atomic E-state index is 10.0. The van der Waals surface area contributed by atoms with E-state index in [4.69, 9.17) is 5.73 Å². The molecule has 6 nitrogen and oxygen atoms in total. The number of nitrogen functional groups attached to an aromatic ring is 1. The number of nitriles is 3. The van der Waals surface area contributed by atoms with Crippen LogP contribution in [0.15, 0.2) is 121 Å². The molecular formula is C39H22N6. The van der Waals surface area contributed by atoms with Gasteiger partial charge >= 0.3 is 0 Å². The Kier molecular flexibility index (Phi) is 5.68. The van der Waals surface area contributed by atoms with Gasteiger partial charge in [0.1, 0.15) is 0 Å². The van der Waals surface area contributed by atoms with E-state index in [2.05, 4.69) is 51.6 Å². The molecule has 0 spiro atoms.